The number of nitrogens with zero attached hydrogens (tertiary/aromatic N) is 1. The molecule has 1 heterocycles. The summed E-state index contributed by atoms with van der Waals surface area (Å²) in [5.41, 5.74) is 1.67. The lowest BCUT2D eigenvalue weighted by Crippen LogP contribution is -2.35. The Morgan fingerprint density at radius 3 is 2.94 bits per heavy atom. The fourth-order valence-electron chi connectivity index (χ4n) is 2.48. The lowest BCUT2D eigenvalue weighted by atomic mass is 10.1. The van der Waals surface area contributed by atoms with E-state index in [0.29, 0.717) is 16.5 Å². The van der Waals surface area contributed by atoms with Crippen molar-refractivity contribution in [3.8, 4) is 0 Å². The number of benzene rings is 1. The maximum Gasteiger partial charge on any atom is 0.255 e. The molecule has 98 valence electrons. The fourth-order valence-corrected chi connectivity index (χ4v) is 3.05. The minimum absolute atomic E-state index is 0.0348. The second-order valence-electron chi connectivity index (χ2n) is 4.76. The molecule has 0 saturated carbocycles. The highest BCUT2D eigenvalue weighted by Crippen LogP contribution is 2.26. The van der Waals surface area contributed by atoms with Crippen LogP contribution in [0.25, 0.3) is 0 Å². The van der Waals surface area contributed by atoms with Crippen molar-refractivity contribution in [2.24, 2.45) is 0 Å². The van der Waals surface area contributed by atoms with Crippen molar-refractivity contribution in [1.29, 1.82) is 0 Å². The van der Waals surface area contributed by atoms with Gasteiger partial charge in [-0.1, -0.05) is 17.7 Å². The Morgan fingerprint density at radius 1 is 1.50 bits per heavy atom. The lowest BCUT2D eigenvalue weighted by Gasteiger charge is -2.24. The maximum atomic E-state index is 12.5. The molecule has 1 aliphatic rings. The first-order valence-electron chi connectivity index (χ1n) is 6.26. The SMILES string of the molecule is Cc1ccc(C(=O)N2CCCC2CCCl)c(Cl)c1. The number of aryl methyl sites for hydroxylation is 1. The Morgan fingerprint density at radius 2 is 2.28 bits per heavy atom. The van der Waals surface area contributed by atoms with E-state index in [1.807, 2.05) is 30.0 Å². The molecule has 1 unspecified atom stereocenters. The van der Waals surface area contributed by atoms with Crippen LogP contribution in [0.4, 0.5) is 0 Å². The highest BCUT2D eigenvalue weighted by molar-refractivity contribution is 6.33. The molecular weight excluding hydrogens is 269 g/mol. The van der Waals surface area contributed by atoms with E-state index in [1.165, 1.54) is 0 Å². The van der Waals surface area contributed by atoms with E-state index in [0.717, 1.165) is 31.4 Å². The van der Waals surface area contributed by atoms with Gasteiger partial charge in [0.1, 0.15) is 0 Å². The summed E-state index contributed by atoms with van der Waals surface area (Å²) >= 11 is 11.9. The third-order valence-corrected chi connectivity index (χ3v) is 3.97. The van der Waals surface area contributed by atoms with Gasteiger partial charge in [0.2, 0.25) is 0 Å². The van der Waals surface area contributed by atoms with Crippen molar-refractivity contribution in [2.75, 3.05) is 12.4 Å². The molecule has 0 radical (unpaired) electrons. The smallest absolute Gasteiger partial charge is 0.255 e. The molecule has 1 aromatic carbocycles. The number of rotatable bonds is 3. The second kappa shape index (κ2) is 5.94. The molecule has 2 nitrogen and oxygen atoms in total. The Hall–Kier alpha value is -0.730. The minimum Gasteiger partial charge on any atom is -0.336 e. The number of hydrogen-bond acceptors (Lipinski definition) is 1. The average Bonchev–Trinajstić information content (AvgIpc) is 2.77. The van der Waals surface area contributed by atoms with E-state index < -0.39 is 0 Å². The molecule has 0 aliphatic carbocycles. The quantitative estimate of drug-likeness (QED) is 0.772. The summed E-state index contributed by atoms with van der Waals surface area (Å²) in [4.78, 5) is 14.4. The zero-order valence-corrected chi connectivity index (χ0v) is 12.0. The molecular formula is C14H17Cl2NO. The van der Waals surface area contributed by atoms with Gasteiger partial charge in [0.15, 0.2) is 0 Å². The van der Waals surface area contributed by atoms with Crippen LogP contribution in [-0.2, 0) is 0 Å². The molecule has 0 spiro atoms. The van der Waals surface area contributed by atoms with Crippen molar-refractivity contribution < 1.29 is 4.79 Å². The van der Waals surface area contributed by atoms with Crippen LogP contribution in [0.2, 0.25) is 5.02 Å². The van der Waals surface area contributed by atoms with Crippen molar-refractivity contribution in [3.63, 3.8) is 0 Å². The van der Waals surface area contributed by atoms with Gasteiger partial charge in [-0.05, 0) is 43.9 Å². The number of halogens is 2. The van der Waals surface area contributed by atoms with Crippen molar-refractivity contribution in [1.82, 2.24) is 4.90 Å². The number of amides is 1. The van der Waals surface area contributed by atoms with E-state index in [-0.39, 0.29) is 11.9 Å². The highest BCUT2D eigenvalue weighted by atomic mass is 35.5. The van der Waals surface area contributed by atoms with Crippen LogP contribution in [0.5, 0.6) is 0 Å². The van der Waals surface area contributed by atoms with Gasteiger partial charge < -0.3 is 4.90 Å². The average molecular weight is 286 g/mol. The highest BCUT2D eigenvalue weighted by Gasteiger charge is 2.29. The van der Waals surface area contributed by atoms with E-state index in [1.54, 1.807) is 0 Å². The van der Waals surface area contributed by atoms with Gasteiger partial charge in [-0.2, -0.15) is 0 Å². The molecule has 1 atom stereocenters. The number of likely N-dealkylation sites (tertiary alicyclic amines) is 1. The normalized spacial score (nSPS) is 19.3. The van der Waals surface area contributed by atoms with E-state index in [4.69, 9.17) is 23.2 Å². The number of carbonyl (C=O) groups excluding carboxylic acids is 1. The zero-order chi connectivity index (χ0) is 13.1. The Bertz CT molecular complexity index is 447. The molecule has 1 aliphatic heterocycles. The zero-order valence-electron chi connectivity index (χ0n) is 10.5. The van der Waals surface area contributed by atoms with E-state index in [9.17, 15) is 4.79 Å². The molecule has 4 heteroatoms. The van der Waals surface area contributed by atoms with Crippen LogP contribution >= 0.6 is 23.2 Å². The summed E-state index contributed by atoms with van der Waals surface area (Å²) in [7, 11) is 0. The number of hydrogen-bond donors (Lipinski definition) is 0. The first-order chi connectivity index (χ1) is 8.63. The van der Waals surface area contributed by atoms with Gasteiger partial charge in [-0.15, -0.1) is 11.6 Å². The van der Waals surface area contributed by atoms with Crippen molar-refractivity contribution >= 4 is 29.1 Å². The van der Waals surface area contributed by atoms with Crippen molar-refractivity contribution in [2.45, 2.75) is 32.2 Å². The third-order valence-electron chi connectivity index (χ3n) is 3.44. The van der Waals surface area contributed by atoms with Gasteiger partial charge in [0.05, 0.1) is 10.6 Å². The summed E-state index contributed by atoms with van der Waals surface area (Å²) in [5.74, 6) is 0.628. The lowest BCUT2D eigenvalue weighted by molar-refractivity contribution is 0.0734. The van der Waals surface area contributed by atoms with Crippen LogP contribution in [0.15, 0.2) is 18.2 Å². The molecule has 0 aromatic heterocycles. The Labute approximate surface area is 118 Å². The topological polar surface area (TPSA) is 20.3 Å². The van der Waals surface area contributed by atoms with Crippen LogP contribution in [0, 0.1) is 6.92 Å². The molecule has 0 N–H and O–H groups in total. The second-order valence-corrected chi connectivity index (χ2v) is 5.54. The minimum atomic E-state index is 0.0348. The van der Waals surface area contributed by atoms with E-state index >= 15 is 0 Å². The summed E-state index contributed by atoms with van der Waals surface area (Å²) in [6.45, 7) is 2.77. The number of alkyl halides is 1. The summed E-state index contributed by atoms with van der Waals surface area (Å²) in [6.07, 6.45) is 2.95. The van der Waals surface area contributed by atoms with E-state index in [2.05, 4.69) is 0 Å². The summed E-state index contributed by atoms with van der Waals surface area (Å²) in [5, 5.41) is 0.538. The first-order valence-corrected chi connectivity index (χ1v) is 7.18. The van der Waals surface area contributed by atoms with Crippen LogP contribution < -0.4 is 0 Å². The molecule has 2 rings (SSSR count). The van der Waals surface area contributed by atoms with Crippen LogP contribution in [-0.4, -0.2) is 29.3 Å². The third kappa shape index (κ3) is 2.81. The predicted molar refractivity (Wildman–Crippen MR) is 75.6 cm³/mol. The number of carbonyl (C=O) groups is 1. The van der Waals surface area contributed by atoms with Gasteiger partial charge in [0, 0.05) is 18.5 Å². The largest absolute Gasteiger partial charge is 0.336 e. The van der Waals surface area contributed by atoms with Crippen LogP contribution in [0.3, 0.4) is 0 Å². The Kier molecular flexibility index (Phi) is 4.52. The molecule has 1 fully saturated rings. The predicted octanol–water partition coefficient (Wildman–Crippen LogP) is 3.88. The summed E-state index contributed by atoms with van der Waals surface area (Å²) in [6, 6.07) is 5.84. The molecule has 18 heavy (non-hydrogen) atoms. The first kappa shape index (κ1) is 13.7. The van der Waals surface area contributed by atoms with Gasteiger partial charge >= 0.3 is 0 Å². The van der Waals surface area contributed by atoms with Gasteiger partial charge in [0.25, 0.3) is 5.91 Å². The standard InChI is InChI=1S/C14H17Cl2NO/c1-10-4-5-12(13(16)9-10)14(18)17-8-2-3-11(17)6-7-15/h4-5,9,11H,2-3,6-8H2,1H3. The van der Waals surface area contributed by atoms with Crippen molar-refractivity contribution in [3.05, 3.63) is 34.3 Å². The van der Waals surface area contributed by atoms with Gasteiger partial charge in [-0.3, -0.25) is 4.79 Å². The molecule has 1 amide bonds. The molecule has 0 bridgehead atoms. The maximum absolute atomic E-state index is 12.5. The van der Waals surface area contributed by atoms with Crippen LogP contribution in [0.1, 0.15) is 35.2 Å². The monoisotopic (exact) mass is 285 g/mol. The molecule has 1 saturated heterocycles. The fraction of sp³-hybridized carbons (Fsp3) is 0.500. The molecule has 1 aromatic rings. The Balaban J connectivity index is 2.20. The summed E-state index contributed by atoms with van der Waals surface area (Å²) < 4.78 is 0. The van der Waals surface area contributed by atoms with Gasteiger partial charge in [-0.25, -0.2) is 0 Å².